The van der Waals surface area contributed by atoms with Crippen LogP contribution in [0.3, 0.4) is 0 Å². The molecule has 5 heteroatoms. The van der Waals surface area contributed by atoms with Gasteiger partial charge in [-0.2, -0.15) is 0 Å². The number of amides is 1. The Morgan fingerprint density at radius 3 is 2.89 bits per heavy atom. The highest BCUT2D eigenvalue weighted by atomic mass is 16.4. The Balaban J connectivity index is 1.73. The SMILES string of the molecule is O=C(O)N1CC[C@H](Nc2cc3ccccc3cn2)C1. The van der Waals surface area contributed by atoms with Crippen molar-refractivity contribution in [2.75, 3.05) is 18.4 Å². The van der Waals surface area contributed by atoms with E-state index in [9.17, 15) is 4.79 Å². The van der Waals surface area contributed by atoms with Crippen LogP contribution in [0, 0.1) is 0 Å². The fourth-order valence-electron chi connectivity index (χ4n) is 2.42. The summed E-state index contributed by atoms with van der Waals surface area (Å²) in [5, 5.41) is 14.5. The Labute approximate surface area is 110 Å². The lowest BCUT2D eigenvalue weighted by Gasteiger charge is -2.14. The highest BCUT2D eigenvalue weighted by Crippen LogP contribution is 2.19. The summed E-state index contributed by atoms with van der Waals surface area (Å²) in [6.07, 6.45) is 1.80. The van der Waals surface area contributed by atoms with Gasteiger partial charge >= 0.3 is 6.09 Å². The highest BCUT2D eigenvalue weighted by Gasteiger charge is 2.25. The number of nitrogens with zero attached hydrogens (tertiary/aromatic N) is 2. The lowest BCUT2D eigenvalue weighted by molar-refractivity contribution is 0.155. The summed E-state index contributed by atoms with van der Waals surface area (Å²) in [5.41, 5.74) is 0. The number of hydrogen-bond acceptors (Lipinski definition) is 3. The summed E-state index contributed by atoms with van der Waals surface area (Å²) >= 11 is 0. The van der Waals surface area contributed by atoms with Crippen LogP contribution in [0.1, 0.15) is 6.42 Å². The van der Waals surface area contributed by atoms with Gasteiger partial charge in [-0.1, -0.05) is 24.3 Å². The van der Waals surface area contributed by atoms with E-state index in [0.717, 1.165) is 23.0 Å². The molecule has 98 valence electrons. The van der Waals surface area contributed by atoms with Gasteiger partial charge in [0.15, 0.2) is 0 Å². The zero-order valence-corrected chi connectivity index (χ0v) is 10.4. The molecule has 1 aromatic carbocycles. The maximum absolute atomic E-state index is 10.9. The van der Waals surface area contributed by atoms with Crippen LogP contribution in [0.2, 0.25) is 0 Å². The summed E-state index contributed by atoms with van der Waals surface area (Å²) in [6, 6.07) is 10.2. The predicted octanol–water partition coefficient (Wildman–Crippen LogP) is 2.40. The molecule has 1 aromatic heterocycles. The van der Waals surface area contributed by atoms with Crippen molar-refractivity contribution in [1.82, 2.24) is 9.88 Å². The molecule has 0 aliphatic carbocycles. The van der Waals surface area contributed by atoms with E-state index in [1.165, 1.54) is 4.90 Å². The second-order valence-electron chi connectivity index (χ2n) is 4.78. The summed E-state index contributed by atoms with van der Waals surface area (Å²) in [4.78, 5) is 16.6. The number of nitrogens with one attached hydrogen (secondary N) is 1. The molecule has 5 nitrogen and oxygen atoms in total. The van der Waals surface area contributed by atoms with Crippen molar-refractivity contribution in [1.29, 1.82) is 0 Å². The number of aromatic nitrogens is 1. The largest absolute Gasteiger partial charge is 0.465 e. The van der Waals surface area contributed by atoms with Crippen LogP contribution in [0.4, 0.5) is 10.6 Å². The van der Waals surface area contributed by atoms with Crippen molar-refractivity contribution in [3.8, 4) is 0 Å². The Morgan fingerprint density at radius 1 is 1.37 bits per heavy atom. The maximum Gasteiger partial charge on any atom is 0.407 e. The lowest BCUT2D eigenvalue weighted by Crippen LogP contribution is -2.30. The number of fused-ring (bicyclic) bond motifs is 1. The van der Waals surface area contributed by atoms with Crippen LogP contribution >= 0.6 is 0 Å². The monoisotopic (exact) mass is 257 g/mol. The van der Waals surface area contributed by atoms with Gasteiger partial charge in [0.2, 0.25) is 0 Å². The van der Waals surface area contributed by atoms with E-state index in [1.807, 2.05) is 36.5 Å². The quantitative estimate of drug-likeness (QED) is 0.867. The number of hydrogen-bond donors (Lipinski definition) is 2. The first-order valence-corrected chi connectivity index (χ1v) is 6.31. The molecule has 0 spiro atoms. The van der Waals surface area contributed by atoms with Crippen LogP contribution in [-0.4, -0.2) is 40.2 Å². The van der Waals surface area contributed by atoms with Crippen molar-refractivity contribution in [2.45, 2.75) is 12.5 Å². The van der Waals surface area contributed by atoms with E-state index in [0.29, 0.717) is 13.1 Å². The summed E-state index contributed by atoms with van der Waals surface area (Å²) < 4.78 is 0. The van der Waals surface area contributed by atoms with Gasteiger partial charge < -0.3 is 15.3 Å². The van der Waals surface area contributed by atoms with Gasteiger partial charge in [0.1, 0.15) is 5.82 Å². The van der Waals surface area contributed by atoms with Gasteiger partial charge in [-0.25, -0.2) is 9.78 Å². The van der Waals surface area contributed by atoms with Gasteiger partial charge in [-0.3, -0.25) is 0 Å². The van der Waals surface area contributed by atoms with Crippen LogP contribution in [0.15, 0.2) is 36.5 Å². The first kappa shape index (κ1) is 11.8. The standard InChI is InChI=1S/C14H15N3O2/c18-14(19)17-6-5-12(9-17)16-13-7-10-3-1-2-4-11(10)8-15-13/h1-4,7-8,12H,5-6,9H2,(H,15,16)(H,18,19)/t12-/m0/s1. The summed E-state index contributed by atoms with van der Waals surface area (Å²) in [6.45, 7) is 1.10. The molecule has 2 aromatic rings. The molecule has 2 heterocycles. The van der Waals surface area contributed by atoms with Crippen molar-refractivity contribution < 1.29 is 9.90 Å². The average Bonchev–Trinajstić information content (AvgIpc) is 2.87. The van der Waals surface area contributed by atoms with Crippen LogP contribution in [0.5, 0.6) is 0 Å². The Bertz CT molecular complexity index is 614. The first-order chi connectivity index (χ1) is 9.22. The van der Waals surface area contributed by atoms with Crippen LogP contribution in [-0.2, 0) is 0 Å². The molecule has 19 heavy (non-hydrogen) atoms. The first-order valence-electron chi connectivity index (χ1n) is 6.31. The molecule has 1 atom stereocenters. The summed E-state index contributed by atoms with van der Waals surface area (Å²) in [5.74, 6) is 0.802. The molecule has 1 fully saturated rings. The maximum atomic E-state index is 10.9. The van der Waals surface area contributed by atoms with Crippen LogP contribution < -0.4 is 5.32 Å². The predicted molar refractivity (Wildman–Crippen MR) is 73.4 cm³/mol. The van der Waals surface area contributed by atoms with Crippen molar-refractivity contribution in [3.63, 3.8) is 0 Å². The van der Waals surface area contributed by atoms with E-state index in [1.54, 1.807) is 0 Å². The molecule has 2 N–H and O–H groups in total. The van der Waals surface area contributed by atoms with Gasteiger partial charge in [-0.05, 0) is 17.9 Å². The number of pyridine rings is 1. The van der Waals surface area contributed by atoms with Crippen LogP contribution in [0.25, 0.3) is 10.8 Å². The molecular formula is C14H15N3O2. The second kappa shape index (κ2) is 4.76. The number of likely N-dealkylation sites (tertiary alicyclic amines) is 1. The van der Waals surface area contributed by atoms with Gasteiger partial charge in [0.05, 0.1) is 0 Å². The smallest absolute Gasteiger partial charge is 0.407 e. The third-order valence-electron chi connectivity index (χ3n) is 3.44. The molecular weight excluding hydrogens is 242 g/mol. The molecule has 1 aliphatic heterocycles. The molecule has 3 rings (SSSR count). The topological polar surface area (TPSA) is 65.5 Å². The van der Waals surface area contributed by atoms with E-state index in [2.05, 4.69) is 10.3 Å². The fraction of sp³-hybridized carbons (Fsp3) is 0.286. The van der Waals surface area contributed by atoms with Gasteiger partial charge in [-0.15, -0.1) is 0 Å². The van der Waals surface area contributed by atoms with E-state index >= 15 is 0 Å². The van der Waals surface area contributed by atoms with Crippen molar-refractivity contribution >= 4 is 22.7 Å². The minimum atomic E-state index is -0.851. The number of benzene rings is 1. The second-order valence-corrected chi connectivity index (χ2v) is 4.78. The highest BCUT2D eigenvalue weighted by molar-refractivity contribution is 5.83. The summed E-state index contributed by atoms with van der Waals surface area (Å²) in [7, 11) is 0. The number of carboxylic acid groups (broad SMARTS) is 1. The fourth-order valence-corrected chi connectivity index (χ4v) is 2.42. The Hall–Kier alpha value is -2.30. The van der Waals surface area contributed by atoms with Gasteiger partial charge in [0, 0.05) is 30.7 Å². The van der Waals surface area contributed by atoms with Crippen molar-refractivity contribution in [2.24, 2.45) is 0 Å². The van der Waals surface area contributed by atoms with E-state index in [4.69, 9.17) is 5.11 Å². The zero-order chi connectivity index (χ0) is 13.2. The number of anilines is 1. The van der Waals surface area contributed by atoms with E-state index in [-0.39, 0.29) is 6.04 Å². The molecule has 0 saturated carbocycles. The Kier molecular flexibility index (Phi) is 2.95. The molecule has 1 aliphatic rings. The Morgan fingerprint density at radius 2 is 2.16 bits per heavy atom. The van der Waals surface area contributed by atoms with E-state index < -0.39 is 6.09 Å². The average molecular weight is 257 g/mol. The van der Waals surface area contributed by atoms with Gasteiger partial charge in [0.25, 0.3) is 0 Å². The third-order valence-corrected chi connectivity index (χ3v) is 3.44. The number of carbonyl (C=O) groups is 1. The third kappa shape index (κ3) is 2.45. The minimum Gasteiger partial charge on any atom is -0.465 e. The minimum absolute atomic E-state index is 0.143. The molecule has 0 radical (unpaired) electrons. The molecule has 1 amide bonds. The normalized spacial score (nSPS) is 18.7. The molecule has 1 saturated heterocycles. The number of rotatable bonds is 2. The zero-order valence-electron chi connectivity index (χ0n) is 10.4. The molecule has 0 bridgehead atoms. The lowest BCUT2D eigenvalue weighted by atomic mass is 10.2. The van der Waals surface area contributed by atoms with Crippen molar-refractivity contribution in [3.05, 3.63) is 36.5 Å². The molecule has 0 unspecified atom stereocenters.